The summed E-state index contributed by atoms with van der Waals surface area (Å²) in [5.41, 5.74) is 1.21. The second kappa shape index (κ2) is 6.80. The number of benzene rings is 2. The van der Waals surface area contributed by atoms with Crippen LogP contribution < -0.4 is 5.32 Å². The number of hydrogen-bond acceptors (Lipinski definition) is 3. The first-order chi connectivity index (χ1) is 10.5. The Morgan fingerprint density at radius 1 is 1.23 bits per heavy atom. The third-order valence-electron chi connectivity index (χ3n) is 3.36. The van der Waals surface area contributed by atoms with Crippen molar-refractivity contribution < 1.29 is 14.1 Å². The van der Waals surface area contributed by atoms with Crippen LogP contribution in [0, 0.1) is 22.9 Å². The average Bonchev–Trinajstić information content (AvgIpc) is 2.48. The number of nitro groups is 1. The molecule has 0 bridgehead atoms. The van der Waals surface area contributed by atoms with Crippen LogP contribution in [0.2, 0.25) is 0 Å². The van der Waals surface area contributed by atoms with Gasteiger partial charge >= 0.3 is 0 Å². The van der Waals surface area contributed by atoms with Crippen LogP contribution in [0.4, 0.5) is 15.8 Å². The number of anilines is 1. The molecule has 0 unspecified atom stereocenters. The van der Waals surface area contributed by atoms with Crippen LogP contribution in [-0.4, -0.2) is 10.8 Å². The molecule has 0 heterocycles. The van der Waals surface area contributed by atoms with E-state index in [4.69, 9.17) is 0 Å². The Kier molecular flexibility index (Phi) is 4.83. The number of rotatable bonds is 5. The van der Waals surface area contributed by atoms with Gasteiger partial charge in [0.15, 0.2) is 0 Å². The maximum absolute atomic E-state index is 13.5. The summed E-state index contributed by atoms with van der Waals surface area (Å²) in [6, 6.07) is 10.8. The number of amides is 1. The fourth-order valence-electron chi connectivity index (χ4n) is 2.12. The summed E-state index contributed by atoms with van der Waals surface area (Å²) < 4.78 is 13.5. The topological polar surface area (TPSA) is 72.2 Å². The van der Waals surface area contributed by atoms with Crippen molar-refractivity contribution in [2.75, 3.05) is 5.32 Å². The summed E-state index contributed by atoms with van der Waals surface area (Å²) in [4.78, 5) is 22.3. The smallest absolute Gasteiger partial charge is 0.274 e. The van der Waals surface area contributed by atoms with Crippen LogP contribution in [0.15, 0.2) is 42.5 Å². The highest BCUT2D eigenvalue weighted by atomic mass is 19.1. The lowest BCUT2D eigenvalue weighted by molar-refractivity contribution is -0.385. The van der Waals surface area contributed by atoms with E-state index in [9.17, 15) is 19.3 Å². The van der Waals surface area contributed by atoms with E-state index in [0.29, 0.717) is 16.8 Å². The zero-order valence-electron chi connectivity index (χ0n) is 12.0. The molecule has 114 valence electrons. The van der Waals surface area contributed by atoms with Crippen LogP contribution >= 0.6 is 0 Å². The maximum atomic E-state index is 13.5. The van der Waals surface area contributed by atoms with Crippen molar-refractivity contribution in [2.24, 2.45) is 0 Å². The fourth-order valence-corrected chi connectivity index (χ4v) is 2.12. The van der Waals surface area contributed by atoms with E-state index < -0.39 is 4.92 Å². The third-order valence-corrected chi connectivity index (χ3v) is 3.36. The Morgan fingerprint density at radius 3 is 2.64 bits per heavy atom. The van der Waals surface area contributed by atoms with Crippen LogP contribution in [0.1, 0.15) is 17.5 Å². The molecule has 0 aromatic heterocycles. The molecule has 0 aliphatic carbocycles. The molecule has 0 saturated carbocycles. The van der Waals surface area contributed by atoms with Gasteiger partial charge in [0.25, 0.3) is 5.69 Å². The maximum Gasteiger partial charge on any atom is 0.274 e. The van der Waals surface area contributed by atoms with Crippen molar-refractivity contribution in [3.8, 4) is 0 Å². The Bertz CT molecular complexity index is 716. The molecule has 2 aromatic rings. The lowest BCUT2D eigenvalue weighted by atomic mass is 10.1. The van der Waals surface area contributed by atoms with Crippen molar-refractivity contribution in [2.45, 2.75) is 19.8 Å². The number of halogens is 1. The van der Waals surface area contributed by atoms with Crippen molar-refractivity contribution in [1.29, 1.82) is 0 Å². The minimum Gasteiger partial charge on any atom is -0.326 e. The molecule has 0 aliphatic heterocycles. The first-order valence-corrected chi connectivity index (χ1v) is 6.76. The van der Waals surface area contributed by atoms with Gasteiger partial charge < -0.3 is 5.32 Å². The molecule has 2 aromatic carbocycles. The Morgan fingerprint density at radius 2 is 1.95 bits per heavy atom. The van der Waals surface area contributed by atoms with Gasteiger partial charge in [-0.15, -0.1) is 0 Å². The van der Waals surface area contributed by atoms with E-state index in [1.807, 2.05) is 0 Å². The van der Waals surface area contributed by atoms with Crippen LogP contribution in [0.5, 0.6) is 0 Å². The molecule has 0 radical (unpaired) electrons. The summed E-state index contributed by atoms with van der Waals surface area (Å²) in [6.45, 7) is 1.57. The van der Waals surface area contributed by atoms with E-state index in [1.54, 1.807) is 31.2 Å². The highest BCUT2D eigenvalue weighted by molar-refractivity contribution is 5.92. The highest BCUT2D eigenvalue weighted by Gasteiger charge is 2.15. The average molecular weight is 302 g/mol. The molecule has 0 atom stereocenters. The number of aryl methyl sites for hydroxylation is 1. The van der Waals surface area contributed by atoms with Gasteiger partial charge in [0, 0.05) is 12.5 Å². The van der Waals surface area contributed by atoms with Crippen molar-refractivity contribution in [3.63, 3.8) is 0 Å². The summed E-state index contributed by atoms with van der Waals surface area (Å²) in [5.74, 6) is -0.659. The van der Waals surface area contributed by atoms with Crippen molar-refractivity contribution in [3.05, 3.63) is 69.5 Å². The quantitative estimate of drug-likeness (QED) is 0.677. The van der Waals surface area contributed by atoms with E-state index in [0.717, 1.165) is 0 Å². The number of nitro benzene ring substituents is 1. The van der Waals surface area contributed by atoms with Crippen LogP contribution in [-0.2, 0) is 11.2 Å². The fraction of sp³-hybridized carbons (Fsp3) is 0.188. The monoisotopic (exact) mass is 302 g/mol. The number of carbonyl (C=O) groups is 1. The zero-order chi connectivity index (χ0) is 16.1. The van der Waals surface area contributed by atoms with Gasteiger partial charge in [0.05, 0.1) is 16.2 Å². The van der Waals surface area contributed by atoms with E-state index in [2.05, 4.69) is 5.32 Å². The Labute approximate surface area is 126 Å². The van der Waals surface area contributed by atoms with Gasteiger partial charge in [0.1, 0.15) is 5.82 Å². The Hall–Kier alpha value is -2.76. The molecule has 0 spiro atoms. The van der Waals surface area contributed by atoms with Gasteiger partial charge in [-0.2, -0.15) is 0 Å². The standard InChI is InChI=1S/C16H15FN2O3/c1-11-14(7-4-8-15(11)19(21)22)18-16(20)10-9-12-5-2-3-6-13(12)17/h2-8H,9-10H2,1H3,(H,18,20). The minimum absolute atomic E-state index is 0.0492. The molecule has 6 heteroatoms. The predicted molar refractivity (Wildman–Crippen MR) is 81.2 cm³/mol. The van der Waals surface area contributed by atoms with Gasteiger partial charge in [-0.25, -0.2) is 4.39 Å². The SMILES string of the molecule is Cc1c(NC(=O)CCc2ccccc2F)cccc1[N+](=O)[O-]. The van der Waals surface area contributed by atoms with E-state index >= 15 is 0 Å². The molecular formula is C16H15FN2O3. The molecule has 0 aliphatic rings. The highest BCUT2D eigenvalue weighted by Crippen LogP contribution is 2.25. The van der Waals surface area contributed by atoms with Crippen molar-refractivity contribution in [1.82, 2.24) is 0 Å². The molecule has 2 rings (SSSR count). The lowest BCUT2D eigenvalue weighted by Crippen LogP contribution is -2.14. The second-order valence-corrected chi connectivity index (χ2v) is 4.85. The minimum atomic E-state index is -0.496. The molecular weight excluding hydrogens is 287 g/mol. The first kappa shape index (κ1) is 15.6. The van der Waals surface area contributed by atoms with Crippen LogP contribution in [0.25, 0.3) is 0 Å². The zero-order valence-corrected chi connectivity index (χ0v) is 12.0. The molecule has 5 nitrogen and oxygen atoms in total. The number of carbonyl (C=O) groups excluding carboxylic acids is 1. The normalized spacial score (nSPS) is 10.3. The van der Waals surface area contributed by atoms with Gasteiger partial charge in [-0.3, -0.25) is 14.9 Å². The lowest BCUT2D eigenvalue weighted by Gasteiger charge is -2.09. The number of nitrogens with zero attached hydrogens (tertiary/aromatic N) is 1. The summed E-state index contributed by atoms with van der Waals surface area (Å²) >= 11 is 0. The molecule has 0 fully saturated rings. The van der Waals surface area contributed by atoms with Crippen LogP contribution in [0.3, 0.4) is 0 Å². The third kappa shape index (κ3) is 3.66. The first-order valence-electron chi connectivity index (χ1n) is 6.76. The molecule has 0 saturated heterocycles. The largest absolute Gasteiger partial charge is 0.326 e. The van der Waals surface area contributed by atoms with Gasteiger partial charge in [-0.1, -0.05) is 24.3 Å². The number of hydrogen-bond donors (Lipinski definition) is 1. The summed E-state index contributed by atoms with van der Waals surface area (Å²) in [7, 11) is 0. The summed E-state index contributed by atoms with van der Waals surface area (Å²) in [5, 5.41) is 13.5. The Balaban J connectivity index is 2.02. The van der Waals surface area contributed by atoms with Gasteiger partial charge in [-0.05, 0) is 31.0 Å². The van der Waals surface area contributed by atoms with Crippen molar-refractivity contribution >= 4 is 17.3 Å². The number of nitrogens with one attached hydrogen (secondary N) is 1. The summed E-state index contributed by atoms with van der Waals surface area (Å²) in [6.07, 6.45) is 0.371. The molecule has 22 heavy (non-hydrogen) atoms. The second-order valence-electron chi connectivity index (χ2n) is 4.85. The molecule has 1 amide bonds. The molecule has 1 N–H and O–H groups in total. The van der Waals surface area contributed by atoms with E-state index in [-0.39, 0.29) is 30.3 Å². The van der Waals surface area contributed by atoms with E-state index in [1.165, 1.54) is 18.2 Å². The predicted octanol–water partition coefficient (Wildman–Crippen LogP) is 3.61. The van der Waals surface area contributed by atoms with Gasteiger partial charge in [0.2, 0.25) is 5.91 Å².